The van der Waals surface area contributed by atoms with Crippen LogP contribution >= 0.6 is 0 Å². The van der Waals surface area contributed by atoms with Crippen LogP contribution in [0.5, 0.6) is 0 Å². The fraction of sp³-hybridized carbons (Fsp3) is 0.125. The third kappa shape index (κ3) is 1.80. The van der Waals surface area contributed by atoms with Gasteiger partial charge in [-0.25, -0.2) is 14.8 Å². The number of rotatable bonds is 2. The van der Waals surface area contributed by atoms with Crippen molar-refractivity contribution in [3.8, 4) is 11.5 Å². The fourth-order valence-corrected chi connectivity index (χ4v) is 0.995. The SMILES string of the molecule is Cc1nccc(-c2noc(C(=O)O)n2)n1. The first-order valence-electron chi connectivity index (χ1n) is 4.04. The van der Waals surface area contributed by atoms with E-state index >= 15 is 0 Å². The molecule has 0 atom stereocenters. The Morgan fingerprint density at radius 1 is 1.47 bits per heavy atom. The second-order valence-corrected chi connectivity index (χ2v) is 2.72. The van der Waals surface area contributed by atoms with Gasteiger partial charge < -0.3 is 9.63 Å². The van der Waals surface area contributed by atoms with Crippen molar-refractivity contribution in [1.29, 1.82) is 0 Å². The molecule has 0 amide bonds. The molecule has 0 radical (unpaired) electrons. The molecular weight excluding hydrogens is 200 g/mol. The second-order valence-electron chi connectivity index (χ2n) is 2.72. The van der Waals surface area contributed by atoms with E-state index in [0.29, 0.717) is 11.5 Å². The van der Waals surface area contributed by atoms with Gasteiger partial charge in [0.2, 0.25) is 5.82 Å². The van der Waals surface area contributed by atoms with Gasteiger partial charge in [-0.15, -0.1) is 0 Å². The van der Waals surface area contributed by atoms with Crippen LogP contribution in [0.2, 0.25) is 0 Å². The summed E-state index contributed by atoms with van der Waals surface area (Å²) in [6, 6.07) is 1.57. The average Bonchev–Trinajstić information content (AvgIpc) is 2.66. The van der Waals surface area contributed by atoms with E-state index in [9.17, 15) is 4.79 Å². The lowest BCUT2D eigenvalue weighted by Crippen LogP contribution is -1.96. The zero-order chi connectivity index (χ0) is 10.8. The Hall–Kier alpha value is -2.31. The monoisotopic (exact) mass is 206 g/mol. The highest BCUT2D eigenvalue weighted by molar-refractivity contribution is 5.82. The topological polar surface area (TPSA) is 102 Å². The number of hydrogen-bond donors (Lipinski definition) is 1. The van der Waals surface area contributed by atoms with Crippen LogP contribution in [0.25, 0.3) is 11.5 Å². The number of aryl methyl sites for hydroxylation is 1. The number of carboxylic acids is 1. The van der Waals surface area contributed by atoms with Gasteiger partial charge in [-0.2, -0.15) is 4.98 Å². The van der Waals surface area contributed by atoms with Gasteiger partial charge in [0.05, 0.1) is 0 Å². The number of aromatic carboxylic acids is 1. The van der Waals surface area contributed by atoms with Crippen molar-refractivity contribution in [2.24, 2.45) is 0 Å². The standard InChI is InChI=1S/C8H6N4O3/c1-4-9-3-2-5(10-4)6-11-7(8(13)14)15-12-6/h2-3H,1H3,(H,13,14). The van der Waals surface area contributed by atoms with E-state index in [1.807, 2.05) is 0 Å². The third-order valence-electron chi connectivity index (χ3n) is 1.61. The van der Waals surface area contributed by atoms with Crippen LogP contribution < -0.4 is 0 Å². The van der Waals surface area contributed by atoms with Crippen LogP contribution in [-0.4, -0.2) is 31.2 Å². The Balaban J connectivity index is 2.41. The highest BCUT2D eigenvalue weighted by atomic mass is 16.5. The van der Waals surface area contributed by atoms with Gasteiger partial charge in [-0.05, 0) is 13.0 Å². The summed E-state index contributed by atoms with van der Waals surface area (Å²) in [5.41, 5.74) is 0.429. The molecule has 2 rings (SSSR count). The highest BCUT2D eigenvalue weighted by Crippen LogP contribution is 2.11. The van der Waals surface area contributed by atoms with E-state index in [0.717, 1.165) is 0 Å². The molecule has 0 aliphatic heterocycles. The molecule has 0 saturated carbocycles. The maximum atomic E-state index is 10.5. The van der Waals surface area contributed by atoms with E-state index in [4.69, 9.17) is 5.11 Å². The Labute approximate surface area is 83.8 Å². The van der Waals surface area contributed by atoms with Gasteiger partial charge in [0.25, 0.3) is 0 Å². The second kappa shape index (κ2) is 3.45. The molecule has 2 aromatic heterocycles. The molecule has 2 aromatic rings. The maximum absolute atomic E-state index is 10.5. The fourth-order valence-electron chi connectivity index (χ4n) is 0.995. The number of carbonyl (C=O) groups is 1. The van der Waals surface area contributed by atoms with Crippen LogP contribution in [0.1, 0.15) is 16.5 Å². The van der Waals surface area contributed by atoms with Gasteiger partial charge >= 0.3 is 11.9 Å². The van der Waals surface area contributed by atoms with Crippen LogP contribution in [0.4, 0.5) is 0 Å². The molecule has 0 unspecified atom stereocenters. The van der Waals surface area contributed by atoms with Gasteiger partial charge in [-0.1, -0.05) is 5.16 Å². The third-order valence-corrected chi connectivity index (χ3v) is 1.61. The molecule has 0 aliphatic rings. The molecule has 2 heterocycles. The summed E-state index contributed by atoms with van der Waals surface area (Å²) < 4.78 is 4.50. The predicted molar refractivity (Wildman–Crippen MR) is 47.0 cm³/mol. The Kier molecular flexibility index (Phi) is 2.13. The maximum Gasteiger partial charge on any atom is 0.394 e. The minimum Gasteiger partial charge on any atom is -0.474 e. The number of carboxylic acid groups (broad SMARTS) is 1. The molecule has 0 aliphatic carbocycles. The molecule has 0 fully saturated rings. The summed E-state index contributed by atoms with van der Waals surface area (Å²) in [5, 5.41) is 12.1. The summed E-state index contributed by atoms with van der Waals surface area (Å²) >= 11 is 0. The highest BCUT2D eigenvalue weighted by Gasteiger charge is 2.15. The molecule has 15 heavy (non-hydrogen) atoms. The molecule has 0 aromatic carbocycles. The van der Waals surface area contributed by atoms with Crippen molar-refractivity contribution in [3.63, 3.8) is 0 Å². The molecule has 0 spiro atoms. The van der Waals surface area contributed by atoms with Gasteiger partial charge in [0, 0.05) is 6.20 Å². The van der Waals surface area contributed by atoms with Crippen LogP contribution in [0.15, 0.2) is 16.8 Å². The summed E-state index contributed by atoms with van der Waals surface area (Å²) in [5.74, 6) is -1.03. The minimum absolute atomic E-state index is 0.137. The number of hydrogen-bond acceptors (Lipinski definition) is 6. The molecule has 0 bridgehead atoms. The zero-order valence-corrected chi connectivity index (χ0v) is 7.71. The largest absolute Gasteiger partial charge is 0.474 e. The van der Waals surface area contributed by atoms with Gasteiger partial charge in [0.15, 0.2) is 0 Å². The first-order valence-corrected chi connectivity index (χ1v) is 4.04. The van der Waals surface area contributed by atoms with Crippen molar-refractivity contribution in [3.05, 3.63) is 24.0 Å². The van der Waals surface area contributed by atoms with Crippen LogP contribution in [-0.2, 0) is 0 Å². The number of aromatic nitrogens is 4. The van der Waals surface area contributed by atoms with E-state index in [-0.39, 0.29) is 5.82 Å². The molecule has 1 N–H and O–H groups in total. The zero-order valence-electron chi connectivity index (χ0n) is 7.71. The average molecular weight is 206 g/mol. The van der Waals surface area contributed by atoms with E-state index < -0.39 is 11.9 Å². The first-order chi connectivity index (χ1) is 7.16. The molecule has 76 valence electrons. The minimum atomic E-state index is -1.26. The van der Waals surface area contributed by atoms with Crippen molar-refractivity contribution >= 4 is 5.97 Å². The Morgan fingerprint density at radius 2 is 2.27 bits per heavy atom. The lowest BCUT2D eigenvalue weighted by molar-refractivity contribution is 0.0643. The lowest BCUT2D eigenvalue weighted by Gasteiger charge is -1.93. The molecule has 7 heteroatoms. The predicted octanol–water partition coefficient (Wildman–Crippen LogP) is 0.533. The van der Waals surface area contributed by atoms with Crippen molar-refractivity contribution in [2.75, 3.05) is 0 Å². The van der Waals surface area contributed by atoms with Crippen molar-refractivity contribution in [2.45, 2.75) is 6.92 Å². The van der Waals surface area contributed by atoms with Crippen LogP contribution in [0, 0.1) is 6.92 Å². The van der Waals surface area contributed by atoms with E-state index in [1.54, 1.807) is 13.0 Å². The van der Waals surface area contributed by atoms with E-state index in [1.165, 1.54) is 6.20 Å². The summed E-state index contributed by atoms with van der Waals surface area (Å²) in [6.07, 6.45) is 1.54. The van der Waals surface area contributed by atoms with Crippen LogP contribution in [0.3, 0.4) is 0 Å². The smallest absolute Gasteiger partial charge is 0.394 e. The van der Waals surface area contributed by atoms with Gasteiger partial charge in [-0.3, -0.25) is 0 Å². The molecule has 0 saturated heterocycles. The lowest BCUT2D eigenvalue weighted by atomic mass is 10.4. The van der Waals surface area contributed by atoms with Crippen molar-refractivity contribution < 1.29 is 14.4 Å². The van der Waals surface area contributed by atoms with Gasteiger partial charge in [0.1, 0.15) is 11.5 Å². The Morgan fingerprint density at radius 3 is 2.87 bits per heavy atom. The summed E-state index contributed by atoms with van der Waals surface area (Å²) in [7, 11) is 0. The van der Waals surface area contributed by atoms with E-state index in [2.05, 4.69) is 24.6 Å². The molecular formula is C8H6N4O3. The van der Waals surface area contributed by atoms with Crippen molar-refractivity contribution in [1.82, 2.24) is 20.1 Å². The normalized spacial score (nSPS) is 10.2. The summed E-state index contributed by atoms with van der Waals surface area (Å²) in [6.45, 7) is 1.71. The quantitative estimate of drug-likeness (QED) is 0.764. The summed E-state index contributed by atoms with van der Waals surface area (Å²) in [4.78, 5) is 22.1. The Bertz CT molecular complexity index is 508. The molecule has 7 nitrogen and oxygen atoms in total. The number of nitrogens with zero attached hydrogens (tertiary/aromatic N) is 4. The first kappa shape index (κ1) is 9.25.